The van der Waals surface area contributed by atoms with Crippen LogP contribution in [0.2, 0.25) is 0 Å². The minimum atomic E-state index is 0.727. The summed E-state index contributed by atoms with van der Waals surface area (Å²) in [6.45, 7) is 1.46. The third kappa shape index (κ3) is 1.91. The zero-order valence-corrected chi connectivity index (χ0v) is 10.3. The number of hydrogen-bond donors (Lipinski definition) is 1. The molecular formula is C14H15N3O. The molecule has 4 nitrogen and oxygen atoms in total. The number of furan rings is 1. The van der Waals surface area contributed by atoms with Crippen LogP contribution in [0.15, 0.2) is 47.1 Å². The van der Waals surface area contributed by atoms with Gasteiger partial charge in [-0.25, -0.2) is 0 Å². The highest BCUT2D eigenvalue weighted by Gasteiger charge is 2.13. The third-order valence-corrected chi connectivity index (χ3v) is 3.00. The van der Waals surface area contributed by atoms with Gasteiger partial charge in [0.25, 0.3) is 0 Å². The van der Waals surface area contributed by atoms with Crippen LogP contribution in [-0.2, 0) is 13.1 Å². The molecule has 0 amide bonds. The van der Waals surface area contributed by atoms with Crippen molar-refractivity contribution in [3.63, 3.8) is 0 Å². The lowest BCUT2D eigenvalue weighted by molar-refractivity contribution is 0.518. The molecule has 0 aliphatic carbocycles. The van der Waals surface area contributed by atoms with Gasteiger partial charge in [-0.05, 0) is 19.2 Å². The van der Waals surface area contributed by atoms with E-state index in [1.165, 1.54) is 10.9 Å². The van der Waals surface area contributed by atoms with Crippen LogP contribution >= 0.6 is 0 Å². The van der Waals surface area contributed by atoms with Gasteiger partial charge in [-0.3, -0.25) is 4.68 Å². The van der Waals surface area contributed by atoms with Crippen molar-refractivity contribution in [2.24, 2.45) is 0 Å². The number of para-hydroxylation sites is 1. The van der Waals surface area contributed by atoms with Gasteiger partial charge in [0.2, 0.25) is 0 Å². The van der Waals surface area contributed by atoms with Crippen LogP contribution in [0.5, 0.6) is 0 Å². The first-order valence-electron chi connectivity index (χ1n) is 6.00. The zero-order chi connectivity index (χ0) is 12.4. The van der Waals surface area contributed by atoms with Crippen molar-refractivity contribution < 1.29 is 4.42 Å². The van der Waals surface area contributed by atoms with E-state index in [4.69, 9.17) is 4.42 Å². The Labute approximate surface area is 105 Å². The molecule has 3 aromatic rings. The summed E-state index contributed by atoms with van der Waals surface area (Å²) < 4.78 is 7.80. The summed E-state index contributed by atoms with van der Waals surface area (Å²) in [4.78, 5) is 0. The molecule has 0 unspecified atom stereocenters. The lowest BCUT2D eigenvalue weighted by Crippen LogP contribution is -2.08. The molecule has 0 atom stereocenters. The Kier molecular flexibility index (Phi) is 2.86. The second kappa shape index (κ2) is 4.66. The SMILES string of the molecule is CNCc1oc2ccccc2c1Cn1cccn1. The summed E-state index contributed by atoms with van der Waals surface area (Å²) in [7, 11) is 1.92. The Morgan fingerprint density at radius 3 is 2.94 bits per heavy atom. The van der Waals surface area contributed by atoms with Crippen LogP contribution < -0.4 is 5.32 Å². The predicted molar refractivity (Wildman–Crippen MR) is 70.3 cm³/mol. The molecule has 3 rings (SSSR count). The van der Waals surface area contributed by atoms with Gasteiger partial charge in [0.15, 0.2) is 0 Å². The first kappa shape index (κ1) is 11.0. The minimum Gasteiger partial charge on any atom is -0.459 e. The van der Waals surface area contributed by atoms with E-state index in [9.17, 15) is 0 Å². The smallest absolute Gasteiger partial charge is 0.134 e. The lowest BCUT2D eigenvalue weighted by Gasteiger charge is -2.03. The highest BCUT2D eigenvalue weighted by atomic mass is 16.3. The van der Waals surface area contributed by atoms with E-state index in [1.807, 2.05) is 42.2 Å². The Morgan fingerprint density at radius 1 is 1.28 bits per heavy atom. The summed E-state index contributed by atoms with van der Waals surface area (Å²) >= 11 is 0. The maximum Gasteiger partial charge on any atom is 0.134 e. The summed E-state index contributed by atoms with van der Waals surface area (Å²) in [6, 6.07) is 10.1. The number of rotatable bonds is 4. The first-order valence-corrected chi connectivity index (χ1v) is 6.00. The largest absolute Gasteiger partial charge is 0.459 e. The van der Waals surface area contributed by atoms with Crippen molar-refractivity contribution in [1.82, 2.24) is 15.1 Å². The molecule has 0 fully saturated rings. The molecule has 2 heterocycles. The van der Waals surface area contributed by atoms with E-state index in [0.717, 1.165) is 24.4 Å². The standard InChI is InChI=1S/C14H15N3O/c1-15-9-14-12(10-17-8-4-7-16-17)11-5-2-3-6-13(11)18-14/h2-8,15H,9-10H2,1H3. The van der Waals surface area contributed by atoms with E-state index < -0.39 is 0 Å². The second-order valence-corrected chi connectivity index (χ2v) is 4.23. The molecule has 0 bridgehead atoms. The van der Waals surface area contributed by atoms with Crippen LogP contribution in [0, 0.1) is 0 Å². The number of nitrogens with zero attached hydrogens (tertiary/aromatic N) is 2. The zero-order valence-electron chi connectivity index (χ0n) is 10.3. The van der Waals surface area contributed by atoms with Gasteiger partial charge in [0.1, 0.15) is 11.3 Å². The minimum absolute atomic E-state index is 0.727. The van der Waals surface area contributed by atoms with Crippen LogP contribution in [0.25, 0.3) is 11.0 Å². The fraction of sp³-hybridized carbons (Fsp3) is 0.214. The first-order chi connectivity index (χ1) is 8.88. The normalized spacial score (nSPS) is 11.2. The van der Waals surface area contributed by atoms with Crippen LogP contribution in [-0.4, -0.2) is 16.8 Å². The molecule has 1 aromatic carbocycles. The second-order valence-electron chi connectivity index (χ2n) is 4.23. The number of aromatic nitrogens is 2. The fourth-order valence-electron chi connectivity index (χ4n) is 2.18. The molecule has 18 heavy (non-hydrogen) atoms. The van der Waals surface area contributed by atoms with E-state index in [1.54, 1.807) is 6.20 Å². The average molecular weight is 241 g/mol. The van der Waals surface area contributed by atoms with Gasteiger partial charge in [0, 0.05) is 23.3 Å². The topological polar surface area (TPSA) is 43.0 Å². The molecule has 0 spiro atoms. The van der Waals surface area contributed by atoms with Crippen LogP contribution in [0.4, 0.5) is 0 Å². The monoisotopic (exact) mass is 241 g/mol. The molecule has 0 saturated heterocycles. The maximum absolute atomic E-state index is 5.88. The molecular weight excluding hydrogens is 226 g/mol. The molecule has 0 aliphatic heterocycles. The summed E-state index contributed by atoms with van der Waals surface area (Å²) in [5.74, 6) is 0.981. The highest BCUT2D eigenvalue weighted by Crippen LogP contribution is 2.26. The van der Waals surface area contributed by atoms with E-state index in [0.29, 0.717) is 0 Å². The van der Waals surface area contributed by atoms with E-state index in [2.05, 4.69) is 16.5 Å². The van der Waals surface area contributed by atoms with Gasteiger partial charge < -0.3 is 9.73 Å². The van der Waals surface area contributed by atoms with Gasteiger partial charge >= 0.3 is 0 Å². The Hall–Kier alpha value is -2.07. The molecule has 1 N–H and O–H groups in total. The lowest BCUT2D eigenvalue weighted by atomic mass is 10.1. The Balaban J connectivity index is 2.09. The van der Waals surface area contributed by atoms with Crippen molar-refractivity contribution in [3.8, 4) is 0 Å². The van der Waals surface area contributed by atoms with Crippen LogP contribution in [0.3, 0.4) is 0 Å². The summed E-state index contributed by atoms with van der Waals surface area (Å²) in [5.41, 5.74) is 2.13. The third-order valence-electron chi connectivity index (χ3n) is 3.00. The number of hydrogen-bond acceptors (Lipinski definition) is 3. The van der Waals surface area contributed by atoms with E-state index in [-0.39, 0.29) is 0 Å². The molecule has 0 aliphatic rings. The Morgan fingerprint density at radius 2 is 2.17 bits per heavy atom. The van der Waals surface area contributed by atoms with Crippen molar-refractivity contribution >= 4 is 11.0 Å². The van der Waals surface area contributed by atoms with Crippen molar-refractivity contribution in [2.45, 2.75) is 13.1 Å². The molecule has 0 saturated carbocycles. The van der Waals surface area contributed by atoms with Crippen molar-refractivity contribution in [3.05, 3.63) is 54.0 Å². The molecule has 0 radical (unpaired) electrons. The quantitative estimate of drug-likeness (QED) is 0.762. The predicted octanol–water partition coefficient (Wildman–Crippen LogP) is 2.40. The maximum atomic E-state index is 5.88. The van der Waals surface area contributed by atoms with Crippen molar-refractivity contribution in [2.75, 3.05) is 7.05 Å². The van der Waals surface area contributed by atoms with Gasteiger partial charge in [-0.15, -0.1) is 0 Å². The molecule has 4 heteroatoms. The highest BCUT2D eigenvalue weighted by molar-refractivity contribution is 5.82. The summed E-state index contributed by atoms with van der Waals surface area (Å²) in [6.07, 6.45) is 3.75. The number of benzene rings is 1. The number of nitrogens with one attached hydrogen (secondary N) is 1. The van der Waals surface area contributed by atoms with Gasteiger partial charge in [0.05, 0.1) is 13.1 Å². The molecule has 92 valence electrons. The number of fused-ring (bicyclic) bond motifs is 1. The van der Waals surface area contributed by atoms with E-state index >= 15 is 0 Å². The fourth-order valence-corrected chi connectivity index (χ4v) is 2.18. The average Bonchev–Trinajstić information content (AvgIpc) is 3.00. The summed E-state index contributed by atoms with van der Waals surface area (Å²) in [5, 5.41) is 8.56. The van der Waals surface area contributed by atoms with Gasteiger partial charge in [-0.2, -0.15) is 5.10 Å². The van der Waals surface area contributed by atoms with Crippen LogP contribution in [0.1, 0.15) is 11.3 Å². The van der Waals surface area contributed by atoms with Gasteiger partial charge in [-0.1, -0.05) is 18.2 Å². The van der Waals surface area contributed by atoms with Crippen molar-refractivity contribution in [1.29, 1.82) is 0 Å². The Bertz CT molecular complexity index is 640. The molecule has 2 aromatic heterocycles.